The molecule has 7 nitrogen and oxygen atoms in total. The molecule has 1 saturated heterocycles. The van der Waals surface area contributed by atoms with E-state index in [2.05, 4.69) is 16.0 Å². The van der Waals surface area contributed by atoms with Crippen LogP contribution in [0.15, 0.2) is 60.7 Å². The monoisotopic (exact) mass is 415 g/mol. The average molecular weight is 415 g/mol. The van der Waals surface area contributed by atoms with Crippen LogP contribution in [0.1, 0.15) is 54.4 Å². The van der Waals surface area contributed by atoms with Gasteiger partial charge >= 0.3 is 0 Å². The number of amides is 2. The lowest BCUT2D eigenvalue weighted by atomic mass is 10.0. The topological polar surface area (TPSA) is 88.1 Å². The maximum absolute atomic E-state index is 13.0. The molecular weight excluding hydrogens is 390 g/mol. The van der Waals surface area contributed by atoms with Gasteiger partial charge in [-0.2, -0.15) is 5.10 Å². The summed E-state index contributed by atoms with van der Waals surface area (Å²) < 4.78 is 1.68. The van der Waals surface area contributed by atoms with Gasteiger partial charge in [-0.05, 0) is 43.0 Å². The number of aromatic nitrogens is 2. The van der Waals surface area contributed by atoms with Crippen molar-refractivity contribution in [2.24, 2.45) is 0 Å². The molecule has 2 heterocycles. The van der Waals surface area contributed by atoms with Crippen LogP contribution in [0.5, 0.6) is 0 Å². The van der Waals surface area contributed by atoms with Gasteiger partial charge in [0.2, 0.25) is 5.91 Å². The lowest BCUT2D eigenvalue weighted by molar-refractivity contribution is -0.125. The molecular formula is C24H25N5O2. The molecule has 1 aliphatic heterocycles. The van der Waals surface area contributed by atoms with Crippen LogP contribution in [0, 0.1) is 0 Å². The normalized spacial score (nSPS) is 20.9. The first-order valence-electron chi connectivity index (χ1n) is 10.7. The Bertz CT molecular complexity index is 1100. The van der Waals surface area contributed by atoms with Crippen LogP contribution in [0.4, 0.5) is 5.82 Å². The van der Waals surface area contributed by atoms with Crippen LogP contribution >= 0.6 is 0 Å². The molecule has 2 amide bonds. The van der Waals surface area contributed by atoms with E-state index in [4.69, 9.17) is 5.10 Å². The lowest BCUT2D eigenvalue weighted by Crippen LogP contribution is -2.52. The third-order valence-electron chi connectivity index (χ3n) is 5.72. The molecule has 0 spiro atoms. The highest BCUT2D eigenvalue weighted by atomic mass is 16.2. The molecule has 1 saturated carbocycles. The standard InChI is InChI=1S/C24H25N5O2/c1-15-13-22(30)27-24(25-15)29-21(14-20(28-29)18-9-10-18)26-23(31)19-11-7-17(8-12-19)16-5-3-2-4-6-16/h2-8,11-12,14-15,18,24-25H,9-10,13H2,1H3,(H,26,31)(H,27,30). The minimum Gasteiger partial charge on any atom is -0.322 e. The zero-order valence-electron chi connectivity index (χ0n) is 17.3. The Balaban J connectivity index is 1.37. The molecule has 2 unspecified atom stereocenters. The van der Waals surface area contributed by atoms with E-state index >= 15 is 0 Å². The van der Waals surface area contributed by atoms with E-state index in [0.29, 0.717) is 23.7 Å². The Kier molecular flexibility index (Phi) is 5.03. The number of anilines is 1. The van der Waals surface area contributed by atoms with Crippen LogP contribution in [0.3, 0.4) is 0 Å². The highest BCUT2D eigenvalue weighted by Crippen LogP contribution is 2.40. The SMILES string of the molecule is CC1CC(=O)NC(n2nc(C3CC3)cc2NC(=O)c2ccc(-c3ccccc3)cc2)N1. The number of hydrogen-bond donors (Lipinski definition) is 3. The first-order valence-corrected chi connectivity index (χ1v) is 10.7. The Labute approximate surface area is 180 Å². The third kappa shape index (κ3) is 4.22. The maximum Gasteiger partial charge on any atom is 0.256 e. The fraction of sp³-hybridized carbons (Fsp3) is 0.292. The second-order valence-corrected chi connectivity index (χ2v) is 8.31. The molecule has 3 N–H and O–H groups in total. The smallest absolute Gasteiger partial charge is 0.256 e. The van der Waals surface area contributed by atoms with Crippen molar-refractivity contribution < 1.29 is 9.59 Å². The molecule has 1 aromatic heterocycles. The summed E-state index contributed by atoms with van der Waals surface area (Å²) in [6.07, 6.45) is 2.14. The number of rotatable bonds is 5. The molecule has 2 aliphatic rings. The first-order chi connectivity index (χ1) is 15.1. The zero-order valence-corrected chi connectivity index (χ0v) is 17.3. The van der Waals surface area contributed by atoms with Crippen molar-refractivity contribution in [3.63, 3.8) is 0 Å². The Morgan fingerprint density at radius 2 is 1.77 bits per heavy atom. The van der Waals surface area contributed by atoms with Gasteiger partial charge in [0.05, 0.1) is 5.69 Å². The van der Waals surface area contributed by atoms with Gasteiger partial charge < -0.3 is 10.6 Å². The molecule has 2 aromatic carbocycles. The summed E-state index contributed by atoms with van der Waals surface area (Å²) in [5.74, 6) is 0.761. The maximum atomic E-state index is 13.0. The van der Waals surface area contributed by atoms with E-state index in [1.165, 1.54) is 0 Å². The molecule has 1 aliphatic carbocycles. The number of carbonyl (C=O) groups excluding carboxylic acids is 2. The van der Waals surface area contributed by atoms with Gasteiger partial charge in [0.1, 0.15) is 5.82 Å². The van der Waals surface area contributed by atoms with Crippen molar-refractivity contribution in [3.05, 3.63) is 71.9 Å². The van der Waals surface area contributed by atoms with E-state index in [-0.39, 0.29) is 17.9 Å². The minimum atomic E-state index is -0.487. The third-order valence-corrected chi connectivity index (χ3v) is 5.72. The molecule has 5 rings (SSSR count). The summed E-state index contributed by atoms with van der Waals surface area (Å²) in [7, 11) is 0. The quantitative estimate of drug-likeness (QED) is 0.594. The predicted octanol–water partition coefficient (Wildman–Crippen LogP) is 3.63. The molecule has 31 heavy (non-hydrogen) atoms. The Morgan fingerprint density at radius 3 is 2.45 bits per heavy atom. The van der Waals surface area contributed by atoms with Crippen LogP contribution < -0.4 is 16.0 Å². The average Bonchev–Trinajstić information content (AvgIpc) is 3.54. The van der Waals surface area contributed by atoms with Crippen molar-refractivity contribution in [2.45, 2.75) is 44.4 Å². The highest BCUT2D eigenvalue weighted by Gasteiger charge is 2.31. The molecule has 2 fully saturated rings. The van der Waals surface area contributed by atoms with Gasteiger partial charge in [0.15, 0.2) is 6.29 Å². The lowest BCUT2D eigenvalue weighted by Gasteiger charge is -2.30. The van der Waals surface area contributed by atoms with Crippen molar-refractivity contribution >= 4 is 17.6 Å². The van der Waals surface area contributed by atoms with Gasteiger partial charge in [-0.3, -0.25) is 14.9 Å². The van der Waals surface area contributed by atoms with Crippen LogP contribution in [0.25, 0.3) is 11.1 Å². The van der Waals surface area contributed by atoms with Crippen LogP contribution in [-0.2, 0) is 4.79 Å². The highest BCUT2D eigenvalue weighted by molar-refractivity contribution is 6.04. The number of hydrogen-bond acceptors (Lipinski definition) is 4. The van der Waals surface area contributed by atoms with Crippen LogP contribution in [-0.4, -0.2) is 27.6 Å². The summed E-state index contributed by atoms with van der Waals surface area (Å²) in [5, 5.41) is 13.9. The molecule has 158 valence electrons. The van der Waals surface area contributed by atoms with Crippen molar-refractivity contribution in [3.8, 4) is 11.1 Å². The number of nitrogens with one attached hydrogen (secondary N) is 3. The summed E-state index contributed by atoms with van der Waals surface area (Å²) in [4.78, 5) is 25.0. The van der Waals surface area contributed by atoms with Gasteiger partial charge in [-0.15, -0.1) is 0 Å². The van der Waals surface area contributed by atoms with Gasteiger partial charge in [-0.25, -0.2) is 4.68 Å². The number of nitrogens with zero attached hydrogens (tertiary/aromatic N) is 2. The predicted molar refractivity (Wildman–Crippen MR) is 118 cm³/mol. The zero-order chi connectivity index (χ0) is 21.4. The van der Waals surface area contributed by atoms with Crippen LogP contribution in [0.2, 0.25) is 0 Å². The van der Waals surface area contributed by atoms with Gasteiger partial charge in [0.25, 0.3) is 5.91 Å². The molecule has 0 bridgehead atoms. The molecule has 0 radical (unpaired) electrons. The van der Waals surface area contributed by atoms with E-state index in [0.717, 1.165) is 29.7 Å². The summed E-state index contributed by atoms with van der Waals surface area (Å²) >= 11 is 0. The van der Waals surface area contributed by atoms with Crippen molar-refractivity contribution in [1.29, 1.82) is 0 Å². The molecule has 3 aromatic rings. The van der Waals surface area contributed by atoms with Gasteiger partial charge in [0, 0.05) is 30.0 Å². The minimum absolute atomic E-state index is 0.0291. The molecule has 7 heteroatoms. The van der Waals surface area contributed by atoms with E-state index < -0.39 is 6.29 Å². The van der Waals surface area contributed by atoms with Gasteiger partial charge in [-0.1, -0.05) is 42.5 Å². The summed E-state index contributed by atoms with van der Waals surface area (Å²) in [6, 6.07) is 19.5. The summed E-state index contributed by atoms with van der Waals surface area (Å²) in [6.45, 7) is 1.96. The first kappa shape index (κ1) is 19.5. The van der Waals surface area contributed by atoms with E-state index in [1.807, 2.05) is 67.6 Å². The van der Waals surface area contributed by atoms with Crippen molar-refractivity contribution in [1.82, 2.24) is 20.4 Å². The van der Waals surface area contributed by atoms with E-state index in [9.17, 15) is 9.59 Å². The Morgan fingerprint density at radius 1 is 1.06 bits per heavy atom. The number of benzene rings is 2. The van der Waals surface area contributed by atoms with Crippen molar-refractivity contribution in [2.75, 3.05) is 5.32 Å². The molecule has 2 atom stereocenters. The Hall–Kier alpha value is -3.45. The second-order valence-electron chi connectivity index (χ2n) is 8.31. The fourth-order valence-electron chi connectivity index (χ4n) is 3.91. The largest absolute Gasteiger partial charge is 0.322 e. The summed E-state index contributed by atoms with van der Waals surface area (Å²) in [5.41, 5.74) is 3.68. The van der Waals surface area contributed by atoms with E-state index in [1.54, 1.807) is 4.68 Å². The fourth-order valence-corrected chi connectivity index (χ4v) is 3.91. The second kappa shape index (κ2) is 8.00. The number of carbonyl (C=O) groups is 2.